The van der Waals surface area contributed by atoms with Gasteiger partial charge in [0, 0.05) is 30.2 Å². The van der Waals surface area contributed by atoms with Crippen molar-refractivity contribution in [2.45, 2.75) is 19.9 Å². The van der Waals surface area contributed by atoms with E-state index in [1.165, 1.54) is 16.7 Å². The van der Waals surface area contributed by atoms with Gasteiger partial charge in [0.25, 0.3) is 5.91 Å². The van der Waals surface area contributed by atoms with Crippen LogP contribution in [-0.4, -0.2) is 38.4 Å². The maximum atomic E-state index is 13.0. The van der Waals surface area contributed by atoms with E-state index in [-0.39, 0.29) is 12.5 Å². The topological polar surface area (TPSA) is 100 Å². The number of aryl methyl sites for hydroxylation is 1. The van der Waals surface area contributed by atoms with Crippen molar-refractivity contribution >= 4 is 23.4 Å². The molecule has 8 heteroatoms. The number of nitrogens with zero attached hydrogens (tertiary/aromatic N) is 4. The van der Waals surface area contributed by atoms with E-state index in [1.807, 2.05) is 30.3 Å². The lowest BCUT2D eigenvalue weighted by atomic mass is 10.0. The molecule has 0 atom stereocenters. The van der Waals surface area contributed by atoms with Crippen molar-refractivity contribution in [3.63, 3.8) is 0 Å². The van der Waals surface area contributed by atoms with Crippen LogP contribution in [0.25, 0.3) is 11.3 Å². The molecule has 0 spiro atoms. The predicted octanol–water partition coefficient (Wildman–Crippen LogP) is 4.94. The van der Waals surface area contributed by atoms with E-state index in [4.69, 9.17) is 0 Å². The van der Waals surface area contributed by atoms with Crippen molar-refractivity contribution in [3.8, 4) is 11.3 Å². The molecular formula is C26H25N5O3. The lowest BCUT2D eigenvalue weighted by molar-refractivity contribution is 0.102. The summed E-state index contributed by atoms with van der Waals surface area (Å²) in [5.41, 5.74) is 4.25. The monoisotopic (exact) mass is 455 g/mol. The number of benzene rings is 2. The molecular weight excluding hydrogens is 430 g/mol. The first kappa shape index (κ1) is 22.7. The van der Waals surface area contributed by atoms with Crippen LogP contribution in [0.15, 0.2) is 85.3 Å². The van der Waals surface area contributed by atoms with Gasteiger partial charge in [0.05, 0.1) is 29.7 Å². The van der Waals surface area contributed by atoms with E-state index in [9.17, 15) is 14.7 Å². The van der Waals surface area contributed by atoms with E-state index in [0.717, 1.165) is 12.0 Å². The van der Waals surface area contributed by atoms with Crippen LogP contribution in [0, 0.1) is 0 Å². The molecule has 2 aromatic carbocycles. The van der Waals surface area contributed by atoms with Gasteiger partial charge in [-0.05, 0) is 36.2 Å². The number of nitrogens with one attached hydrogen (secondary N) is 1. The Morgan fingerprint density at radius 1 is 1.03 bits per heavy atom. The fourth-order valence-electron chi connectivity index (χ4n) is 3.61. The number of carbonyl (C=O) groups excluding carboxylic acids is 1. The summed E-state index contributed by atoms with van der Waals surface area (Å²) < 4.78 is 1.60. The molecule has 2 N–H and O–H groups in total. The average molecular weight is 456 g/mol. The highest BCUT2D eigenvalue weighted by Crippen LogP contribution is 2.23. The molecule has 0 unspecified atom stereocenters. The summed E-state index contributed by atoms with van der Waals surface area (Å²) in [6.07, 6.45) is 4.78. The third kappa shape index (κ3) is 5.29. The molecule has 0 radical (unpaired) electrons. The molecule has 0 fully saturated rings. The normalized spacial score (nSPS) is 10.6. The van der Waals surface area contributed by atoms with Crippen molar-refractivity contribution in [1.29, 1.82) is 0 Å². The Labute approximate surface area is 197 Å². The summed E-state index contributed by atoms with van der Waals surface area (Å²) in [6.45, 7) is 2.64. The molecule has 4 aromatic rings. The zero-order valence-electron chi connectivity index (χ0n) is 18.8. The zero-order valence-corrected chi connectivity index (χ0v) is 18.8. The number of carbonyl (C=O) groups is 2. The minimum absolute atomic E-state index is 0.217. The number of amides is 2. The Kier molecular flexibility index (Phi) is 6.98. The number of anilines is 2. The first-order valence-corrected chi connectivity index (χ1v) is 11.0. The van der Waals surface area contributed by atoms with Gasteiger partial charge in [0.2, 0.25) is 0 Å². The second-order valence-corrected chi connectivity index (χ2v) is 7.67. The van der Waals surface area contributed by atoms with Gasteiger partial charge in [-0.15, -0.1) is 0 Å². The van der Waals surface area contributed by atoms with Gasteiger partial charge in [0.1, 0.15) is 0 Å². The Balaban J connectivity index is 1.44. The molecule has 2 amide bonds. The fraction of sp³-hybridized carbons (Fsp3) is 0.154. The molecule has 0 saturated carbocycles. The second-order valence-electron chi connectivity index (χ2n) is 7.67. The predicted molar refractivity (Wildman–Crippen MR) is 131 cm³/mol. The van der Waals surface area contributed by atoms with Gasteiger partial charge in [-0.25, -0.2) is 4.79 Å². The summed E-state index contributed by atoms with van der Waals surface area (Å²) in [7, 11) is 0. The van der Waals surface area contributed by atoms with Gasteiger partial charge in [-0.2, -0.15) is 5.10 Å². The third-order valence-electron chi connectivity index (χ3n) is 5.43. The van der Waals surface area contributed by atoms with E-state index in [1.54, 1.807) is 53.5 Å². The number of para-hydroxylation sites is 1. The average Bonchev–Trinajstić information content (AvgIpc) is 3.31. The van der Waals surface area contributed by atoms with Crippen LogP contribution in [0.4, 0.5) is 16.2 Å². The Bertz CT molecular complexity index is 1270. The Hall–Kier alpha value is -4.46. The quantitative estimate of drug-likeness (QED) is 0.392. The minimum atomic E-state index is -1.04. The van der Waals surface area contributed by atoms with Crippen molar-refractivity contribution in [3.05, 3.63) is 96.4 Å². The second kappa shape index (κ2) is 10.4. The van der Waals surface area contributed by atoms with E-state index >= 15 is 0 Å². The highest BCUT2D eigenvalue weighted by Gasteiger charge is 2.16. The largest absolute Gasteiger partial charge is 0.465 e. The number of hydrogen-bond acceptors (Lipinski definition) is 4. The molecule has 0 aliphatic carbocycles. The van der Waals surface area contributed by atoms with Gasteiger partial charge in [0.15, 0.2) is 0 Å². The van der Waals surface area contributed by atoms with Gasteiger partial charge in [-0.3, -0.25) is 19.4 Å². The number of hydrogen-bond donors (Lipinski definition) is 2. The van der Waals surface area contributed by atoms with Gasteiger partial charge in [-0.1, -0.05) is 49.4 Å². The zero-order chi connectivity index (χ0) is 23.9. The molecule has 0 aliphatic rings. The molecule has 4 rings (SSSR count). The van der Waals surface area contributed by atoms with Crippen molar-refractivity contribution in [2.24, 2.45) is 0 Å². The molecule has 0 saturated heterocycles. The Morgan fingerprint density at radius 3 is 2.50 bits per heavy atom. The SMILES string of the molecule is CCc1ccc(-c2ncccc2C(=O)Nc2cnn(CCN(C(=O)O)c3ccccc3)c2)cc1. The number of carboxylic acid groups (broad SMARTS) is 1. The molecule has 172 valence electrons. The highest BCUT2D eigenvalue weighted by atomic mass is 16.4. The number of aromatic nitrogens is 3. The summed E-state index contributed by atoms with van der Waals surface area (Å²) in [4.78, 5) is 30.3. The number of rotatable bonds is 8. The standard InChI is InChI=1S/C26H25N5O3/c1-2-19-10-12-20(13-11-19)24-23(9-6-14-27-24)25(32)29-21-17-28-30(18-21)15-16-31(26(33)34)22-7-4-3-5-8-22/h3-14,17-18H,2,15-16H2,1H3,(H,29,32)(H,33,34). The van der Waals surface area contributed by atoms with Crippen LogP contribution in [0.1, 0.15) is 22.8 Å². The molecule has 8 nitrogen and oxygen atoms in total. The van der Waals surface area contributed by atoms with Crippen molar-refractivity contribution in [2.75, 3.05) is 16.8 Å². The van der Waals surface area contributed by atoms with Crippen LogP contribution >= 0.6 is 0 Å². The fourth-order valence-corrected chi connectivity index (χ4v) is 3.61. The summed E-state index contributed by atoms with van der Waals surface area (Å²) >= 11 is 0. The van der Waals surface area contributed by atoms with Crippen molar-refractivity contribution < 1.29 is 14.7 Å². The van der Waals surface area contributed by atoms with E-state index in [0.29, 0.717) is 29.2 Å². The molecule has 34 heavy (non-hydrogen) atoms. The van der Waals surface area contributed by atoms with Gasteiger partial charge >= 0.3 is 6.09 Å². The molecule has 2 aromatic heterocycles. The van der Waals surface area contributed by atoms with Crippen LogP contribution in [0.5, 0.6) is 0 Å². The third-order valence-corrected chi connectivity index (χ3v) is 5.43. The van der Waals surface area contributed by atoms with Crippen LogP contribution in [0.3, 0.4) is 0 Å². The summed E-state index contributed by atoms with van der Waals surface area (Å²) in [5, 5.41) is 16.7. The lowest BCUT2D eigenvalue weighted by Crippen LogP contribution is -2.32. The Morgan fingerprint density at radius 2 is 1.79 bits per heavy atom. The molecule has 2 heterocycles. The summed E-state index contributed by atoms with van der Waals surface area (Å²) in [6, 6.07) is 20.4. The summed E-state index contributed by atoms with van der Waals surface area (Å²) in [5.74, 6) is -0.293. The maximum absolute atomic E-state index is 13.0. The maximum Gasteiger partial charge on any atom is 0.411 e. The van der Waals surface area contributed by atoms with Crippen LogP contribution < -0.4 is 10.2 Å². The first-order valence-electron chi connectivity index (χ1n) is 11.0. The van der Waals surface area contributed by atoms with Gasteiger partial charge < -0.3 is 10.4 Å². The van der Waals surface area contributed by atoms with E-state index in [2.05, 4.69) is 22.3 Å². The van der Waals surface area contributed by atoms with Crippen LogP contribution in [0.2, 0.25) is 0 Å². The minimum Gasteiger partial charge on any atom is -0.465 e. The van der Waals surface area contributed by atoms with Crippen molar-refractivity contribution in [1.82, 2.24) is 14.8 Å². The first-order chi connectivity index (χ1) is 16.5. The smallest absolute Gasteiger partial charge is 0.411 e. The van der Waals surface area contributed by atoms with Crippen LogP contribution in [-0.2, 0) is 13.0 Å². The number of pyridine rings is 1. The van der Waals surface area contributed by atoms with E-state index < -0.39 is 6.09 Å². The molecule has 0 bridgehead atoms. The lowest BCUT2D eigenvalue weighted by Gasteiger charge is -2.19. The highest BCUT2D eigenvalue weighted by molar-refractivity contribution is 6.08. The molecule has 0 aliphatic heterocycles.